The van der Waals surface area contributed by atoms with Crippen LogP contribution in [0.4, 0.5) is 4.79 Å². The van der Waals surface area contributed by atoms with E-state index in [1.54, 1.807) is 29.2 Å². The highest BCUT2D eigenvalue weighted by Gasteiger charge is 2.24. The zero-order chi connectivity index (χ0) is 26.4. The van der Waals surface area contributed by atoms with Crippen LogP contribution in [0, 0.1) is 0 Å². The fourth-order valence-corrected chi connectivity index (χ4v) is 4.42. The molecule has 0 radical (unpaired) electrons. The van der Waals surface area contributed by atoms with Crippen LogP contribution >= 0.6 is 23.2 Å². The predicted molar refractivity (Wildman–Crippen MR) is 133 cm³/mol. The summed E-state index contributed by atoms with van der Waals surface area (Å²) in [4.78, 5) is 38.3. The normalized spacial score (nSPS) is 12.6. The lowest BCUT2D eigenvalue weighted by atomic mass is 9.93. The third-order valence-corrected chi connectivity index (χ3v) is 6.08. The van der Waals surface area contributed by atoms with E-state index < -0.39 is 11.9 Å². The first-order valence-corrected chi connectivity index (χ1v) is 11.6. The summed E-state index contributed by atoms with van der Waals surface area (Å²) in [6.45, 7) is 1.22. The van der Waals surface area contributed by atoms with Crippen LogP contribution in [0.1, 0.15) is 38.3 Å². The van der Waals surface area contributed by atoms with Crippen LogP contribution in [-0.2, 0) is 14.2 Å². The maximum Gasteiger partial charge on any atom is 0.409 e. The molecule has 1 saturated heterocycles. The van der Waals surface area contributed by atoms with Crippen LogP contribution < -0.4 is 9.47 Å². The molecule has 0 spiro atoms. The van der Waals surface area contributed by atoms with Gasteiger partial charge in [0.15, 0.2) is 11.5 Å². The number of cyclic esters (lactones) is 1. The van der Waals surface area contributed by atoms with Gasteiger partial charge in [-0.2, -0.15) is 0 Å². The summed E-state index contributed by atoms with van der Waals surface area (Å²) in [7, 11) is 5.29. The second-order valence-corrected chi connectivity index (χ2v) is 8.38. The van der Waals surface area contributed by atoms with Crippen molar-refractivity contribution in [2.75, 3.05) is 48.1 Å². The highest BCUT2D eigenvalue weighted by atomic mass is 35.5. The van der Waals surface area contributed by atoms with Crippen molar-refractivity contribution < 1.29 is 38.1 Å². The van der Waals surface area contributed by atoms with Crippen molar-refractivity contribution in [2.24, 2.45) is 0 Å². The Labute approximate surface area is 218 Å². The zero-order valence-electron chi connectivity index (χ0n) is 20.2. The molecule has 0 atom stereocenters. The van der Waals surface area contributed by atoms with Gasteiger partial charge in [-0.15, -0.1) is 0 Å². The molecule has 0 aliphatic carbocycles. The molecule has 192 valence electrons. The Morgan fingerprint density at radius 3 is 1.81 bits per heavy atom. The molecule has 11 heteroatoms. The second-order valence-electron chi connectivity index (χ2n) is 7.57. The Hall–Kier alpha value is -3.43. The fraction of sp³-hybridized carbons (Fsp3) is 0.320. The van der Waals surface area contributed by atoms with Gasteiger partial charge in [-0.25, -0.2) is 14.4 Å². The van der Waals surface area contributed by atoms with Gasteiger partial charge >= 0.3 is 18.0 Å². The Bertz CT molecular complexity index is 1140. The standard InChI is InChI=1S/C25H25Cl2NO8/c1-32-21-17(23(29)34-3)10-14(12-19(21)26)16(6-5-7-28-8-9-36-25(28)31)15-11-18(24(30)35-4)22(33-2)20(27)13-15/h6,10-13H,5,7-9H2,1-4H3. The number of hydrogen-bond donors (Lipinski definition) is 0. The molecule has 1 heterocycles. The molecule has 1 fully saturated rings. The highest BCUT2D eigenvalue weighted by Crippen LogP contribution is 2.38. The lowest BCUT2D eigenvalue weighted by molar-refractivity contribution is 0.0588. The van der Waals surface area contributed by atoms with E-state index in [2.05, 4.69) is 0 Å². The first-order chi connectivity index (χ1) is 17.2. The van der Waals surface area contributed by atoms with Crippen molar-refractivity contribution in [1.82, 2.24) is 4.90 Å². The number of rotatable bonds is 9. The molecule has 1 aliphatic heterocycles. The van der Waals surface area contributed by atoms with Crippen molar-refractivity contribution in [1.29, 1.82) is 0 Å². The molecule has 1 amide bonds. The molecular formula is C25H25Cl2NO8. The first-order valence-electron chi connectivity index (χ1n) is 10.8. The van der Waals surface area contributed by atoms with Gasteiger partial charge in [0, 0.05) is 6.54 Å². The van der Waals surface area contributed by atoms with Gasteiger partial charge in [0.1, 0.15) is 17.7 Å². The van der Waals surface area contributed by atoms with Gasteiger partial charge in [0.2, 0.25) is 0 Å². The number of benzene rings is 2. The Kier molecular flexibility index (Phi) is 9.06. The topological polar surface area (TPSA) is 101 Å². The summed E-state index contributed by atoms with van der Waals surface area (Å²) in [5.41, 5.74) is 1.88. The second kappa shape index (κ2) is 12.0. The number of carbonyl (C=O) groups is 3. The summed E-state index contributed by atoms with van der Waals surface area (Å²) in [5, 5.41) is 0.356. The van der Waals surface area contributed by atoms with Gasteiger partial charge in [0.25, 0.3) is 0 Å². The van der Waals surface area contributed by atoms with E-state index in [1.807, 2.05) is 6.08 Å². The van der Waals surface area contributed by atoms with Crippen molar-refractivity contribution in [3.8, 4) is 11.5 Å². The molecule has 9 nitrogen and oxygen atoms in total. The molecule has 0 bridgehead atoms. The van der Waals surface area contributed by atoms with Crippen molar-refractivity contribution in [3.63, 3.8) is 0 Å². The predicted octanol–water partition coefficient (Wildman–Crippen LogP) is 4.86. The van der Waals surface area contributed by atoms with Gasteiger partial charge in [-0.1, -0.05) is 29.3 Å². The van der Waals surface area contributed by atoms with E-state index in [-0.39, 0.29) is 38.8 Å². The lowest BCUT2D eigenvalue weighted by Crippen LogP contribution is -2.24. The van der Waals surface area contributed by atoms with E-state index >= 15 is 0 Å². The van der Waals surface area contributed by atoms with E-state index in [0.717, 1.165) is 0 Å². The Balaban J connectivity index is 2.18. The van der Waals surface area contributed by atoms with Crippen LogP contribution in [0.15, 0.2) is 30.3 Å². The largest absolute Gasteiger partial charge is 0.494 e. The Morgan fingerprint density at radius 2 is 1.42 bits per heavy atom. The Morgan fingerprint density at radius 1 is 0.917 bits per heavy atom. The van der Waals surface area contributed by atoms with Crippen LogP contribution in [0.5, 0.6) is 11.5 Å². The molecule has 0 unspecified atom stereocenters. The molecule has 1 aliphatic rings. The van der Waals surface area contributed by atoms with Crippen LogP contribution in [0.3, 0.4) is 0 Å². The smallest absolute Gasteiger partial charge is 0.409 e. The maximum absolute atomic E-state index is 12.5. The van der Waals surface area contributed by atoms with E-state index in [4.69, 9.17) is 46.9 Å². The molecule has 2 aromatic carbocycles. The number of ether oxygens (including phenoxy) is 5. The maximum atomic E-state index is 12.5. The SMILES string of the molecule is COC(=O)c1cc(C(=CCCN2CCOC2=O)c2cc(Cl)c(OC)c(C(=O)OC)c2)cc(Cl)c1OC. The third-order valence-electron chi connectivity index (χ3n) is 5.52. The molecular weight excluding hydrogens is 513 g/mol. The van der Waals surface area contributed by atoms with Crippen molar-refractivity contribution in [3.05, 3.63) is 62.6 Å². The first kappa shape index (κ1) is 27.2. The molecule has 0 N–H and O–H groups in total. The zero-order valence-corrected chi connectivity index (χ0v) is 21.7. The summed E-state index contributed by atoms with van der Waals surface area (Å²) in [6.07, 6.45) is 1.90. The highest BCUT2D eigenvalue weighted by molar-refractivity contribution is 6.33. The quantitative estimate of drug-likeness (QED) is 0.330. The average molecular weight is 538 g/mol. The molecule has 2 aromatic rings. The van der Waals surface area contributed by atoms with Crippen molar-refractivity contribution >= 4 is 46.8 Å². The molecule has 3 rings (SSSR count). The number of amides is 1. The van der Waals surface area contributed by atoms with Gasteiger partial charge in [-0.3, -0.25) is 0 Å². The molecule has 0 aromatic heterocycles. The molecule has 0 saturated carbocycles. The van der Waals surface area contributed by atoms with Gasteiger partial charge in [0.05, 0.1) is 45.0 Å². The minimum Gasteiger partial charge on any atom is -0.494 e. The molecule has 36 heavy (non-hydrogen) atoms. The number of hydrogen-bond acceptors (Lipinski definition) is 8. The van der Waals surface area contributed by atoms with E-state index in [9.17, 15) is 14.4 Å². The van der Waals surface area contributed by atoms with E-state index in [1.165, 1.54) is 28.4 Å². The number of halogens is 2. The number of esters is 2. The minimum absolute atomic E-state index is 0.115. The van der Waals surface area contributed by atoms with E-state index in [0.29, 0.717) is 42.8 Å². The summed E-state index contributed by atoms with van der Waals surface area (Å²) in [6, 6.07) is 6.39. The average Bonchev–Trinajstić information content (AvgIpc) is 3.28. The number of carbonyl (C=O) groups excluding carboxylic acids is 3. The third kappa shape index (κ3) is 5.68. The summed E-state index contributed by atoms with van der Waals surface area (Å²) < 4.78 is 25.4. The monoisotopic (exact) mass is 537 g/mol. The van der Waals surface area contributed by atoms with Gasteiger partial charge in [-0.05, 0) is 47.4 Å². The van der Waals surface area contributed by atoms with Gasteiger partial charge < -0.3 is 28.6 Å². The number of methoxy groups -OCH3 is 4. The fourth-order valence-electron chi connectivity index (χ4n) is 3.83. The van der Waals surface area contributed by atoms with Crippen LogP contribution in [-0.4, -0.2) is 71.1 Å². The number of nitrogens with zero attached hydrogens (tertiary/aromatic N) is 1. The van der Waals surface area contributed by atoms with Crippen LogP contribution in [0.2, 0.25) is 10.0 Å². The summed E-state index contributed by atoms with van der Waals surface area (Å²) in [5.74, 6) is -0.959. The summed E-state index contributed by atoms with van der Waals surface area (Å²) >= 11 is 12.9. The lowest BCUT2D eigenvalue weighted by Gasteiger charge is -2.17. The minimum atomic E-state index is -0.641. The van der Waals surface area contributed by atoms with Crippen molar-refractivity contribution in [2.45, 2.75) is 6.42 Å². The van der Waals surface area contributed by atoms with Crippen LogP contribution in [0.25, 0.3) is 5.57 Å².